The molecule has 0 aromatic heterocycles. The van der Waals surface area contributed by atoms with Gasteiger partial charge in [-0.2, -0.15) is 0 Å². The van der Waals surface area contributed by atoms with Gasteiger partial charge in [0.15, 0.2) is 0 Å². The molecule has 4 aromatic rings. The molecular weight excluding hydrogens is 508 g/mol. The molecule has 1 atom stereocenters. The largest absolute Gasteiger partial charge is 0.497 e. The minimum atomic E-state index is -1.02. The third-order valence-electron chi connectivity index (χ3n) is 6.38. The molecule has 0 heterocycles. The van der Waals surface area contributed by atoms with Crippen molar-refractivity contribution in [2.75, 3.05) is 20.8 Å². The standard InChI is InChI=1S/C32H34N2O6/c1-37-25-11-15-27(16-12-25)39-30-9-5-3-7-23(30)21-34(20-19-29(33)32(35)36)22-24-8-4-6-10-31(24)40-28-17-13-26(38-2)14-18-28/h3-18,29H,19-22,33H2,1-2H3,(H,35,36)/t29-/m1/s1. The van der Waals surface area contributed by atoms with E-state index in [0.29, 0.717) is 49.1 Å². The van der Waals surface area contributed by atoms with Crippen molar-refractivity contribution in [1.29, 1.82) is 0 Å². The first-order valence-corrected chi connectivity index (χ1v) is 13.0. The van der Waals surface area contributed by atoms with Gasteiger partial charge in [0.05, 0.1) is 14.2 Å². The number of methoxy groups -OCH3 is 2. The predicted octanol–water partition coefficient (Wildman–Crippen LogP) is 6.09. The molecule has 0 aliphatic heterocycles. The van der Waals surface area contributed by atoms with Crippen molar-refractivity contribution in [2.45, 2.75) is 25.6 Å². The monoisotopic (exact) mass is 542 g/mol. The average molecular weight is 543 g/mol. The number of carbonyl (C=O) groups is 1. The lowest BCUT2D eigenvalue weighted by molar-refractivity contribution is -0.138. The molecule has 0 saturated heterocycles. The molecular formula is C32H34N2O6. The Balaban J connectivity index is 1.56. The molecule has 0 saturated carbocycles. The molecule has 0 aliphatic rings. The fraction of sp³-hybridized carbons (Fsp3) is 0.219. The van der Waals surface area contributed by atoms with Crippen LogP contribution in [0.5, 0.6) is 34.5 Å². The number of para-hydroxylation sites is 2. The van der Waals surface area contributed by atoms with E-state index in [1.807, 2.05) is 97.1 Å². The van der Waals surface area contributed by atoms with Crippen LogP contribution in [0.15, 0.2) is 97.1 Å². The summed E-state index contributed by atoms with van der Waals surface area (Å²) in [5.41, 5.74) is 7.78. The van der Waals surface area contributed by atoms with Crippen molar-refractivity contribution in [3.63, 3.8) is 0 Å². The molecule has 3 N–H and O–H groups in total. The van der Waals surface area contributed by atoms with Crippen molar-refractivity contribution < 1.29 is 28.8 Å². The Kier molecular flexibility index (Phi) is 9.99. The fourth-order valence-electron chi connectivity index (χ4n) is 4.15. The van der Waals surface area contributed by atoms with Crippen LogP contribution in [0.1, 0.15) is 17.5 Å². The normalized spacial score (nSPS) is 11.6. The third kappa shape index (κ3) is 7.99. The van der Waals surface area contributed by atoms with Gasteiger partial charge in [0, 0.05) is 30.8 Å². The summed E-state index contributed by atoms with van der Waals surface area (Å²) in [6, 6.07) is 29.4. The summed E-state index contributed by atoms with van der Waals surface area (Å²) in [6.45, 7) is 1.48. The highest BCUT2D eigenvalue weighted by atomic mass is 16.5. The summed E-state index contributed by atoms with van der Waals surface area (Å²) in [6.07, 6.45) is 0.290. The Hall–Kier alpha value is -4.53. The Bertz CT molecular complexity index is 1280. The van der Waals surface area contributed by atoms with Crippen molar-refractivity contribution in [1.82, 2.24) is 4.90 Å². The van der Waals surface area contributed by atoms with Crippen molar-refractivity contribution in [3.05, 3.63) is 108 Å². The van der Waals surface area contributed by atoms with Gasteiger partial charge in [-0.15, -0.1) is 0 Å². The zero-order valence-electron chi connectivity index (χ0n) is 22.7. The van der Waals surface area contributed by atoms with Gasteiger partial charge < -0.3 is 29.8 Å². The molecule has 0 amide bonds. The van der Waals surface area contributed by atoms with E-state index in [4.69, 9.17) is 24.7 Å². The lowest BCUT2D eigenvalue weighted by atomic mass is 10.1. The van der Waals surface area contributed by atoms with Gasteiger partial charge >= 0.3 is 5.97 Å². The number of carboxylic acids is 1. The maximum absolute atomic E-state index is 11.4. The topological polar surface area (TPSA) is 103 Å². The Morgan fingerprint density at radius 1 is 0.700 bits per heavy atom. The second kappa shape index (κ2) is 14.0. The minimum Gasteiger partial charge on any atom is -0.497 e. The van der Waals surface area contributed by atoms with Gasteiger partial charge in [-0.05, 0) is 67.1 Å². The molecule has 0 spiro atoms. The molecule has 0 radical (unpaired) electrons. The smallest absolute Gasteiger partial charge is 0.320 e. The SMILES string of the molecule is COc1ccc(Oc2ccccc2CN(CC[C@@H](N)C(=O)O)Cc2ccccc2Oc2ccc(OC)cc2)cc1. The first-order chi connectivity index (χ1) is 19.4. The number of aliphatic carboxylic acids is 1. The Morgan fingerprint density at radius 2 is 1.10 bits per heavy atom. The summed E-state index contributed by atoms with van der Waals surface area (Å²) in [5, 5.41) is 9.36. The summed E-state index contributed by atoms with van der Waals surface area (Å²) < 4.78 is 22.9. The van der Waals surface area contributed by atoms with Crippen LogP contribution in [0.4, 0.5) is 0 Å². The quantitative estimate of drug-likeness (QED) is 0.197. The molecule has 0 aliphatic carbocycles. The third-order valence-corrected chi connectivity index (χ3v) is 6.38. The van der Waals surface area contributed by atoms with E-state index in [0.717, 1.165) is 22.6 Å². The van der Waals surface area contributed by atoms with E-state index in [1.54, 1.807) is 14.2 Å². The molecule has 40 heavy (non-hydrogen) atoms. The number of hydrogen-bond acceptors (Lipinski definition) is 7. The molecule has 0 unspecified atom stereocenters. The van der Waals surface area contributed by atoms with Crippen LogP contribution in [0.3, 0.4) is 0 Å². The second-order valence-corrected chi connectivity index (χ2v) is 9.21. The van der Waals surface area contributed by atoms with Crippen LogP contribution < -0.4 is 24.7 Å². The number of rotatable bonds is 14. The van der Waals surface area contributed by atoms with Gasteiger partial charge in [-0.25, -0.2) is 0 Å². The van der Waals surface area contributed by atoms with E-state index in [1.165, 1.54) is 0 Å². The average Bonchev–Trinajstić information content (AvgIpc) is 2.98. The Labute approximate surface area is 234 Å². The summed E-state index contributed by atoms with van der Waals surface area (Å²) in [5.74, 6) is 3.27. The zero-order chi connectivity index (χ0) is 28.3. The van der Waals surface area contributed by atoms with Gasteiger partial charge in [0.1, 0.15) is 40.5 Å². The zero-order valence-corrected chi connectivity index (χ0v) is 22.7. The number of nitrogens with zero attached hydrogens (tertiary/aromatic N) is 1. The number of nitrogens with two attached hydrogens (primary N) is 1. The van der Waals surface area contributed by atoms with Crippen LogP contribution in [0.25, 0.3) is 0 Å². The summed E-state index contributed by atoms with van der Waals surface area (Å²) in [4.78, 5) is 13.6. The van der Waals surface area contributed by atoms with Crippen molar-refractivity contribution in [3.8, 4) is 34.5 Å². The minimum absolute atomic E-state index is 0.290. The van der Waals surface area contributed by atoms with Crippen molar-refractivity contribution >= 4 is 5.97 Å². The number of carboxylic acid groups (broad SMARTS) is 1. The highest BCUT2D eigenvalue weighted by Crippen LogP contribution is 2.31. The highest BCUT2D eigenvalue weighted by Gasteiger charge is 2.18. The molecule has 8 heteroatoms. The van der Waals surface area contributed by atoms with Gasteiger partial charge in [-0.3, -0.25) is 9.69 Å². The van der Waals surface area contributed by atoms with Crippen LogP contribution in [0.2, 0.25) is 0 Å². The maximum atomic E-state index is 11.4. The Morgan fingerprint density at radius 3 is 1.50 bits per heavy atom. The molecule has 208 valence electrons. The van der Waals surface area contributed by atoms with E-state index in [-0.39, 0.29) is 0 Å². The number of ether oxygens (including phenoxy) is 4. The molecule has 4 aromatic carbocycles. The predicted molar refractivity (Wildman–Crippen MR) is 153 cm³/mol. The lowest BCUT2D eigenvalue weighted by Crippen LogP contribution is -2.35. The molecule has 0 fully saturated rings. The van der Waals surface area contributed by atoms with Gasteiger partial charge in [-0.1, -0.05) is 36.4 Å². The van der Waals surface area contributed by atoms with Crippen molar-refractivity contribution in [2.24, 2.45) is 5.73 Å². The van der Waals surface area contributed by atoms with Gasteiger partial charge in [0.25, 0.3) is 0 Å². The van der Waals surface area contributed by atoms with E-state index < -0.39 is 12.0 Å². The summed E-state index contributed by atoms with van der Waals surface area (Å²) >= 11 is 0. The lowest BCUT2D eigenvalue weighted by Gasteiger charge is -2.25. The van der Waals surface area contributed by atoms with Crippen LogP contribution in [0, 0.1) is 0 Å². The summed E-state index contributed by atoms with van der Waals surface area (Å²) in [7, 11) is 3.24. The highest BCUT2D eigenvalue weighted by molar-refractivity contribution is 5.73. The van der Waals surface area contributed by atoms with Crippen LogP contribution >= 0.6 is 0 Å². The van der Waals surface area contributed by atoms with Crippen LogP contribution in [-0.4, -0.2) is 42.8 Å². The van der Waals surface area contributed by atoms with E-state index in [9.17, 15) is 9.90 Å². The number of hydrogen-bond donors (Lipinski definition) is 2. The van der Waals surface area contributed by atoms with E-state index >= 15 is 0 Å². The molecule has 8 nitrogen and oxygen atoms in total. The van der Waals surface area contributed by atoms with Crippen LogP contribution in [-0.2, 0) is 17.9 Å². The van der Waals surface area contributed by atoms with E-state index in [2.05, 4.69) is 4.90 Å². The fourth-order valence-corrected chi connectivity index (χ4v) is 4.15. The van der Waals surface area contributed by atoms with Gasteiger partial charge in [0.2, 0.25) is 0 Å². The second-order valence-electron chi connectivity index (χ2n) is 9.21. The maximum Gasteiger partial charge on any atom is 0.320 e. The first-order valence-electron chi connectivity index (χ1n) is 13.0. The molecule has 4 rings (SSSR count). The first kappa shape index (κ1) is 28.5. The molecule has 0 bridgehead atoms. The number of benzene rings is 4.